The van der Waals surface area contributed by atoms with Crippen LogP contribution in [0.1, 0.15) is 52.7 Å². The van der Waals surface area contributed by atoms with Crippen LogP contribution in [0.3, 0.4) is 0 Å². The molecule has 5 heteroatoms. The SMILES string of the molecule is C[Si](C)=C1C=CC=[C]1[Zr+2][c]1[nH]cc(C(C)(C)C)c1C(C)(C)C.[Cl-].[Cl-]. The minimum absolute atomic E-state index is 0. The Labute approximate surface area is 173 Å². The van der Waals surface area contributed by atoms with E-state index < -0.39 is 23.2 Å². The molecular formula is C19H29Cl2NSiZr. The van der Waals surface area contributed by atoms with Crippen LogP contribution in [0.2, 0.25) is 13.1 Å². The Bertz CT molecular complexity index is 667. The molecular weight excluding hydrogens is 432 g/mol. The molecule has 1 nitrogen and oxygen atoms in total. The Morgan fingerprint density at radius 2 is 1.54 bits per heavy atom. The molecule has 0 saturated carbocycles. The molecule has 0 radical (unpaired) electrons. The van der Waals surface area contributed by atoms with Crippen LogP contribution in [-0.4, -0.2) is 18.6 Å². The number of hydrogen-bond donors (Lipinski definition) is 1. The van der Waals surface area contributed by atoms with Gasteiger partial charge in [0.15, 0.2) is 0 Å². The van der Waals surface area contributed by atoms with E-state index in [1.165, 1.54) is 5.56 Å². The molecule has 0 unspecified atom stereocenters. The van der Waals surface area contributed by atoms with Gasteiger partial charge in [0.05, 0.1) is 0 Å². The molecule has 0 spiro atoms. The Morgan fingerprint density at radius 3 is 2.00 bits per heavy atom. The quantitative estimate of drug-likeness (QED) is 0.505. The Kier molecular flexibility index (Phi) is 8.91. The first-order chi connectivity index (χ1) is 10.0. The molecule has 2 rings (SSSR count). The van der Waals surface area contributed by atoms with Gasteiger partial charge in [0, 0.05) is 0 Å². The first kappa shape index (κ1) is 24.3. The summed E-state index contributed by atoms with van der Waals surface area (Å²) < 4.78 is 3.24. The average molecular weight is 462 g/mol. The minimum Gasteiger partial charge on any atom is -1.00 e. The molecule has 0 atom stereocenters. The Balaban J connectivity index is 0.00000264. The molecule has 1 aromatic heterocycles. The largest absolute Gasteiger partial charge is 1.00 e. The third-order valence-electron chi connectivity index (χ3n) is 4.05. The summed E-state index contributed by atoms with van der Waals surface area (Å²) in [7, 11) is -0.358. The van der Waals surface area contributed by atoms with Gasteiger partial charge in [0.2, 0.25) is 0 Å². The summed E-state index contributed by atoms with van der Waals surface area (Å²) in [6.45, 7) is 18.9. The monoisotopic (exact) mass is 459 g/mol. The van der Waals surface area contributed by atoms with Gasteiger partial charge in [0.25, 0.3) is 0 Å². The second kappa shape index (κ2) is 8.80. The van der Waals surface area contributed by atoms with E-state index in [4.69, 9.17) is 0 Å². The number of aromatic amines is 1. The third kappa shape index (κ3) is 5.40. The third-order valence-corrected chi connectivity index (χ3v) is 9.50. The second-order valence-corrected chi connectivity index (χ2v) is 14.1. The van der Waals surface area contributed by atoms with E-state index in [9.17, 15) is 0 Å². The number of hydrogen-bond acceptors (Lipinski definition) is 0. The first-order valence-electron chi connectivity index (χ1n) is 8.07. The summed E-state index contributed by atoms with van der Waals surface area (Å²) in [5.74, 6) is 0. The van der Waals surface area contributed by atoms with Crippen molar-refractivity contribution in [3.05, 3.63) is 38.8 Å². The van der Waals surface area contributed by atoms with Crippen LogP contribution in [-0.2, 0) is 34.1 Å². The maximum Gasteiger partial charge on any atom is -1.00 e. The van der Waals surface area contributed by atoms with Crippen molar-refractivity contribution in [2.75, 3.05) is 0 Å². The minimum atomic E-state index is -0.768. The zero-order valence-corrected chi connectivity index (χ0v) is 21.0. The van der Waals surface area contributed by atoms with Crippen molar-refractivity contribution in [3.63, 3.8) is 0 Å². The van der Waals surface area contributed by atoms with E-state index in [0.717, 1.165) is 0 Å². The number of halogens is 2. The molecule has 1 N–H and O–H groups in total. The first-order valence-corrected chi connectivity index (χ1v) is 13.0. The van der Waals surface area contributed by atoms with Gasteiger partial charge in [-0.15, -0.1) is 0 Å². The maximum atomic E-state index is 3.68. The molecule has 0 fully saturated rings. The molecule has 1 aliphatic carbocycles. The smallest absolute Gasteiger partial charge is 1.00 e. The fourth-order valence-electron chi connectivity index (χ4n) is 2.99. The molecule has 1 aliphatic rings. The van der Waals surface area contributed by atoms with Crippen LogP contribution >= 0.6 is 0 Å². The summed E-state index contributed by atoms with van der Waals surface area (Å²) in [6.07, 6.45) is 9.27. The summed E-state index contributed by atoms with van der Waals surface area (Å²) in [5, 5.41) is 1.66. The molecule has 0 amide bonds. The van der Waals surface area contributed by atoms with Crippen LogP contribution < -0.4 is 28.2 Å². The van der Waals surface area contributed by atoms with Crippen molar-refractivity contribution in [3.8, 4) is 0 Å². The normalized spacial score (nSPS) is 13.8. The van der Waals surface area contributed by atoms with Crippen molar-refractivity contribution in [1.82, 2.24) is 4.98 Å². The summed E-state index contributed by atoms with van der Waals surface area (Å²) >= 11 is -0.768. The summed E-state index contributed by atoms with van der Waals surface area (Å²) in [4.78, 5) is 3.68. The molecule has 0 aliphatic heterocycles. The van der Waals surface area contributed by atoms with Crippen LogP contribution in [0.25, 0.3) is 0 Å². The second-order valence-electron chi connectivity index (χ2n) is 8.43. The Morgan fingerprint density at radius 1 is 0.958 bits per heavy atom. The zero-order chi connectivity index (χ0) is 16.7. The van der Waals surface area contributed by atoms with E-state index in [0.29, 0.717) is 0 Å². The van der Waals surface area contributed by atoms with E-state index in [2.05, 4.69) is 84.0 Å². The van der Waals surface area contributed by atoms with E-state index in [1.54, 1.807) is 17.4 Å². The number of aromatic nitrogens is 1. The molecule has 0 aromatic carbocycles. The fourth-order valence-corrected chi connectivity index (χ4v) is 9.81. The van der Waals surface area contributed by atoms with E-state index >= 15 is 0 Å². The predicted octanol–water partition coefficient (Wildman–Crippen LogP) is -1.71. The van der Waals surface area contributed by atoms with Crippen molar-refractivity contribution in [1.29, 1.82) is 0 Å². The molecule has 132 valence electrons. The maximum absolute atomic E-state index is 3.68. The van der Waals surface area contributed by atoms with Gasteiger partial charge in [-0.1, -0.05) is 0 Å². The molecule has 1 aromatic rings. The van der Waals surface area contributed by atoms with Gasteiger partial charge in [-0.05, 0) is 0 Å². The number of rotatable bonds is 2. The van der Waals surface area contributed by atoms with Gasteiger partial charge in [-0.3, -0.25) is 0 Å². The van der Waals surface area contributed by atoms with Gasteiger partial charge in [-0.2, -0.15) is 0 Å². The van der Waals surface area contributed by atoms with Gasteiger partial charge < -0.3 is 24.8 Å². The van der Waals surface area contributed by atoms with Crippen LogP contribution in [0.4, 0.5) is 0 Å². The molecule has 0 saturated heterocycles. The van der Waals surface area contributed by atoms with Crippen LogP contribution in [0, 0.1) is 0 Å². The fraction of sp³-hybridized carbons (Fsp3) is 0.526. The van der Waals surface area contributed by atoms with Gasteiger partial charge in [0.1, 0.15) is 0 Å². The van der Waals surface area contributed by atoms with Crippen molar-refractivity contribution >= 4 is 17.0 Å². The topological polar surface area (TPSA) is 15.8 Å². The van der Waals surface area contributed by atoms with Crippen LogP contribution in [0.5, 0.6) is 0 Å². The number of H-pyrrole nitrogens is 1. The molecule has 24 heavy (non-hydrogen) atoms. The van der Waals surface area contributed by atoms with Crippen molar-refractivity contribution in [2.45, 2.75) is 65.5 Å². The van der Waals surface area contributed by atoms with Gasteiger partial charge in [-0.25, -0.2) is 0 Å². The summed E-state index contributed by atoms with van der Waals surface area (Å²) in [6, 6.07) is 0. The van der Waals surface area contributed by atoms with Crippen molar-refractivity contribution < 1.29 is 48.0 Å². The van der Waals surface area contributed by atoms with E-state index in [1.807, 2.05) is 0 Å². The van der Waals surface area contributed by atoms with Gasteiger partial charge >= 0.3 is 149 Å². The number of allylic oxidation sites excluding steroid dienone is 4. The average Bonchev–Trinajstić information content (AvgIpc) is 2.93. The number of nitrogens with one attached hydrogen (secondary N) is 1. The van der Waals surface area contributed by atoms with E-state index in [-0.39, 0.29) is 44.1 Å². The zero-order valence-electron chi connectivity index (χ0n) is 16.1. The van der Waals surface area contributed by atoms with Crippen LogP contribution in [0.15, 0.2) is 27.7 Å². The summed E-state index contributed by atoms with van der Waals surface area (Å²) in [5.41, 5.74) is 3.50. The molecule has 1 heterocycles. The van der Waals surface area contributed by atoms with Crippen molar-refractivity contribution in [2.24, 2.45) is 0 Å². The predicted molar refractivity (Wildman–Crippen MR) is 97.5 cm³/mol. The molecule has 0 bridgehead atoms. The Hall–Kier alpha value is 0.310. The standard InChI is InChI=1S/C12H20N.C7H9Si.2ClH.Zr/c1-11(2,3)9-7-13-8-10(9)12(4,5)6;1-8(2)7-5-3-4-6-7;;;/h7,13H,1-6H3;3-5H,1-2H3;2*1H;/q;;;;+2/p-2.